The van der Waals surface area contributed by atoms with Gasteiger partial charge in [0.05, 0.1) is 12.0 Å². The molecule has 3 rings (SSSR count). The van der Waals surface area contributed by atoms with E-state index in [4.69, 9.17) is 4.74 Å². The molecule has 0 spiro atoms. The van der Waals surface area contributed by atoms with E-state index in [0.717, 1.165) is 47.2 Å². The summed E-state index contributed by atoms with van der Waals surface area (Å²) in [5.41, 5.74) is 0. The normalized spacial score (nSPS) is 18.5. The Morgan fingerprint density at radius 2 is 2.04 bits per heavy atom. The van der Waals surface area contributed by atoms with E-state index in [1.165, 1.54) is 0 Å². The summed E-state index contributed by atoms with van der Waals surface area (Å²) in [5.74, 6) is 1.59. The van der Waals surface area contributed by atoms with Gasteiger partial charge < -0.3 is 4.74 Å². The molecule has 2 aromatic rings. The summed E-state index contributed by atoms with van der Waals surface area (Å²) in [6, 6.07) is 6.74. The SMILES string of the molecule is COc1ccc(S(=O)(=O)N2CCCCC2CCCSc2nnc(C)s2)cc1. The Kier molecular flexibility index (Phi) is 7.13. The lowest BCUT2D eigenvalue weighted by atomic mass is 10.0. The highest BCUT2D eigenvalue weighted by Gasteiger charge is 2.33. The number of rotatable bonds is 8. The highest BCUT2D eigenvalue weighted by Crippen LogP contribution is 2.30. The fraction of sp³-hybridized carbons (Fsp3) is 0.556. The van der Waals surface area contributed by atoms with Crippen LogP contribution < -0.4 is 4.74 Å². The van der Waals surface area contributed by atoms with Crippen LogP contribution in [-0.2, 0) is 10.0 Å². The smallest absolute Gasteiger partial charge is 0.243 e. The first-order valence-electron chi connectivity index (χ1n) is 9.09. The second kappa shape index (κ2) is 9.36. The van der Waals surface area contributed by atoms with E-state index in [0.29, 0.717) is 17.2 Å². The number of piperidine rings is 1. The summed E-state index contributed by atoms with van der Waals surface area (Å²) in [6.07, 6.45) is 4.77. The first-order valence-corrected chi connectivity index (χ1v) is 12.3. The first kappa shape index (κ1) is 20.6. The molecule has 9 heteroatoms. The molecule has 1 fully saturated rings. The van der Waals surface area contributed by atoms with Crippen molar-refractivity contribution < 1.29 is 13.2 Å². The van der Waals surface area contributed by atoms with Gasteiger partial charge in [-0.25, -0.2) is 8.42 Å². The highest BCUT2D eigenvalue weighted by atomic mass is 32.2. The van der Waals surface area contributed by atoms with Gasteiger partial charge in [0.1, 0.15) is 10.8 Å². The Balaban J connectivity index is 1.61. The van der Waals surface area contributed by atoms with Crippen LogP contribution in [0.15, 0.2) is 33.5 Å². The monoisotopic (exact) mass is 427 g/mol. The van der Waals surface area contributed by atoms with Crippen molar-refractivity contribution in [2.45, 2.75) is 54.3 Å². The second-order valence-corrected chi connectivity index (χ2v) is 10.9. The molecular formula is C18H25N3O3S3. The Hall–Kier alpha value is -1.16. The average molecular weight is 428 g/mol. The van der Waals surface area contributed by atoms with Crippen molar-refractivity contribution in [2.24, 2.45) is 0 Å². The number of thioether (sulfide) groups is 1. The van der Waals surface area contributed by atoms with Gasteiger partial charge in [0, 0.05) is 18.3 Å². The van der Waals surface area contributed by atoms with Crippen molar-refractivity contribution in [1.29, 1.82) is 0 Å². The minimum absolute atomic E-state index is 0.0719. The average Bonchev–Trinajstić information content (AvgIpc) is 3.10. The van der Waals surface area contributed by atoms with Crippen molar-refractivity contribution in [2.75, 3.05) is 19.4 Å². The predicted octanol–water partition coefficient (Wildman–Crippen LogP) is 3.97. The van der Waals surface area contributed by atoms with Gasteiger partial charge >= 0.3 is 0 Å². The molecule has 27 heavy (non-hydrogen) atoms. The zero-order valence-electron chi connectivity index (χ0n) is 15.6. The fourth-order valence-electron chi connectivity index (χ4n) is 3.28. The lowest BCUT2D eigenvalue weighted by Crippen LogP contribution is -2.43. The highest BCUT2D eigenvalue weighted by molar-refractivity contribution is 8.01. The second-order valence-electron chi connectivity index (χ2n) is 6.52. The van der Waals surface area contributed by atoms with Gasteiger partial charge in [-0.15, -0.1) is 10.2 Å². The molecule has 6 nitrogen and oxygen atoms in total. The number of nitrogens with zero attached hydrogens (tertiary/aromatic N) is 3. The number of hydrogen-bond donors (Lipinski definition) is 0. The molecule has 1 saturated heterocycles. The lowest BCUT2D eigenvalue weighted by molar-refractivity contribution is 0.240. The lowest BCUT2D eigenvalue weighted by Gasteiger charge is -2.34. The molecule has 0 bridgehead atoms. The maximum Gasteiger partial charge on any atom is 0.243 e. The van der Waals surface area contributed by atoms with Gasteiger partial charge in [-0.3, -0.25) is 0 Å². The zero-order valence-corrected chi connectivity index (χ0v) is 18.1. The van der Waals surface area contributed by atoms with Crippen LogP contribution in [0.5, 0.6) is 5.75 Å². The Morgan fingerprint density at radius 3 is 2.70 bits per heavy atom. The Labute approximate surface area is 169 Å². The number of hydrogen-bond acceptors (Lipinski definition) is 7. The summed E-state index contributed by atoms with van der Waals surface area (Å²) in [5, 5.41) is 9.12. The number of aryl methyl sites for hydroxylation is 1. The zero-order chi connectivity index (χ0) is 19.3. The summed E-state index contributed by atoms with van der Waals surface area (Å²) in [6.45, 7) is 2.55. The maximum absolute atomic E-state index is 13.1. The topological polar surface area (TPSA) is 72.4 Å². The van der Waals surface area contributed by atoms with Gasteiger partial charge in [-0.2, -0.15) is 4.31 Å². The quantitative estimate of drug-likeness (QED) is 0.469. The summed E-state index contributed by atoms with van der Waals surface area (Å²) in [7, 11) is -1.90. The van der Waals surface area contributed by atoms with Crippen LogP contribution in [0.25, 0.3) is 0 Å². The van der Waals surface area contributed by atoms with Gasteiger partial charge in [0.15, 0.2) is 4.34 Å². The third-order valence-corrected chi connectivity index (χ3v) is 8.68. The van der Waals surface area contributed by atoms with Gasteiger partial charge in [-0.1, -0.05) is 29.5 Å². The molecule has 1 aliphatic rings. The van der Waals surface area contributed by atoms with Crippen LogP contribution >= 0.6 is 23.1 Å². The van der Waals surface area contributed by atoms with E-state index in [1.54, 1.807) is 58.8 Å². The molecule has 2 heterocycles. The fourth-order valence-corrected chi connectivity index (χ4v) is 6.85. The summed E-state index contributed by atoms with van der Waals surface area (Å²) in [4.78, 5) is 0.342. The summed E-state index contributed by atoms with van der Waals surface area (Å²) < 4.78 is 34.1. The van der Waals surface area contributed by atoms with Crippen LogP contribution in [0.1, 0.15) is 37.1 Å². The molecule has 0 N–H and O–H groups in total. The van der Waals surface area contributed by atoms with Gasteiger partial charge in [0.2, 0.25) is 10.0 Å². The number of aromatic nitrogens is 2. The van der Waals surface area contributed by atoms with E-state index in [-0.39, 0.29) is 6.04 Å². The third kappa shape index (κ3) is 5.22. The summed E-state index contributed by atoms with van der Waals surface area (Å²) >= 11 is 3.31. The van der Waals surface area contributed by atoms with Crippen LogP contribution in [0.3, 0.4) is 0 Å². The largest absolute Gasteiger partial charge is 0.497 e. The molecule has 0 radical (unpaired) electrons. The van der Waals surface area contributed by atoms with Crippen LogP contribution in [-0.4, -0.2) is 48.4 Å². The molecule has 1 unspecified atom stereocenters. The van der Waals surface area contributed by atoms with E-state index in [2.05, 4.69) is 10.2 Å². The molecule has 1 atom stereocenters. The van der Waals surface area contributed by atoms with Crippen LogP contribution in [0, 0.1) is 6.92 Å². The minimum Gasteiger partial charge on any atom is -0.497 e. The molecule has 1 aromatic carbocycles. The predicted molar refractivity (Wildman–Crippen MR) is 109 cm³/mol. The van der Waals surface area contributed by atoms with E-state index < -0.39 is 10.0 Å². The number of ether oxygens (including phenoxy) is 1. The maximum atomic E-state index is 13.1. The number of sulfonamides is 1. The van der Waals surface area contributed by atoms with Crippen molar-refractivity contribution in [3.05, 3.63) is 29.3 Å². The molecule has 0 aliphatic carbocycles. The molecule has 148 valence electrons. The first-order chi connectivity index (χ1) is 13.0. The molecule has 0 amide bonds. The molecule has 1 aromatic heterocycles. The van der Waals surface area contributed by atoms with Crippen LogP contribution in [0.4, 0.5) is 0 Å². The minimum atomic E-state index is -3.47. The molecule has 1 aliphatic heterocycles. The Morgan fingerprint density at radius 1 is 1.26 bits per heavy atom. The van der Waals surface area contributed by atoms with Crippen molar-refractivity contribution >= 4 is 33.1 Å². The van der Waals surface area contributed by atoms with E-state index in [9.17, 15) is 8.42 Å². The van der Waals surface area contributed by atoms with Gasteiger partial charge in [0.25, 0.3) is 0 Å². The number of methoxy groups -OCH3 is 1. The standard InChI is InChI=1S/C18H25N3O3S3/c1-14-19-20-18(26-14)25-13-5-7-15-6-3-4-12-21(15)27(22,23)17-10-8-16(24-2)9-11-17/h8-11,15H,3-7,12-13H2,1-2H3. The molecule has 0 saturated carbocycles. The van der Waals surface area contributed by atoms with Crippen LogP contribution in [0.2, 0.25) is 0 Å². The van der Waals surface area contributed by atoms with E-state index >= 15 is 0 Å². The third-order valence-electron chi connectivity index (χ3n) is 4.65. The molecular weight excluding hydrogens is 402 g/mol. The van der Waals surface area contributed by atoms with Crippen molar-refractivity contribution in [1.82, 2.24) is 14.5 Å². The Bertz CT molecular complexity index is 837. The number of benzene rings is 1. The van der Waals surface area contributed by atoms with Crippen molar-refractivity contribution in [3.63, 3.8) is 0 Å². The van der Waals surface area contributed by atoms with Crippen molar-refractivity contribution in [3.8, 4) is 5.75 Å². The van der Waals surface area contributed by atoms with E-state index in [1.807, 2.05) is 6.92 Å². The van der Waals surface area contributed by atoms with Gasteiger partial charge in [-0.05, 0) is 56.9 Å².